The molecule has 19 heavy (non-hydrogen) atoms. The lowest BCUT2D eigenvalue weighted by molar-refractivity contribution is -0.115. The van der Waals surface area contributed by atoms with Crippen molar-refractivity contribution in [2.75, 3.05) is 13.7 Å². The van der Waals surface area contributed by atoms with E-state index in [2.05, 4.69) is 0 Å². The molecule has 1 aliphatic rings. The molecule has 106 valence electrons. The second-order valence-corrected chi connectivity index (χ2v) is 5.28. The summed E-state index contributed by atoms with van der Waals surface area (Å²) in [6.45, 7) is 2.66. The molecule has 1 saturated carbocycles. The van der Waals surface area contributed by atoms with Crippen LogP contribution in [0.15, 0.2) is 24.3 Å². The van der Waals surface area contributed by atoms with Crippen LogP contribution in [0.1, 0.15) is 38.2 Å². The summed E-state index contributed by atoms with van der Waals surface area (Å²) in [6, 6.07) is 7.89. The lowest BCUT2D eigenvalue weighted by Crippen LogP contribution is -2.43. The number of aliphatic hydroxyl groups excluding tert-OH is 1. The largest absolute Gasteiger partial charge is 0.497 e. The summed E-state index contributed by atoms with van der Waals surface area (Å²) in [6.07, 6.45) is 4.40. The van der Waals surface area contributed by atoms with Gasteiger partial charge < -0.3 is 14.6 Å². The van der Waals surface area contributed by atoms with Gasteiger partial charge in [-0.3, -0.25) is 0 Å². The molecule has 0 heterocycles. The molecule has 0 amide bonds. The van der Waals surface area contributed by atoms with Crippen LogP contribution < -0.4 is 4.74 Å². The van der Waals surface area contributed by atoms with Crippen LogP contribution in [0.3, 0.4) is 0 Å². The highest BCUT2D eigenvalue weighted by molar-refractivity contribution is 5.29. The summed E-state index contributed by atoms with van der Waals surface area (Å²) >= 11 is 0. The number of methoxy groups -OCH3 is 1. The van der Waals surface area contributed by atoms with Crippen LogP contribution in [-0.2, 0) is 11.2 Å². The third-order valence-corrected chi connectivity index (χ3v) is 4.05. The van der Waals surface area contributed by atoms with Crippen molar-refractivity contribution in [1.29, 1.82) is 0 Å². The topological polar surface area (TPSA) is 38.7 Å². The van der Waals surface area contributed by atoms with Gasteiger partial charge in [-0.15, -0.1) is 0 Å². The fourth-order valence-electron chi connectivity index (χ4n) is 3.04. The maximum Gasteiger partial charge on any atom is 0.119 e. The SMILES string of the molecule is CCOC1(C(O)Cc2cccc(OC)c2)CCCC1. The highest BCUT2D eigenvalue weighted by Crippen LogP contribution is 2.37. The molecule has 0 radical (unpaired) electrons. The summed E-state index contributed by atoms with van der Waals surface area (Å²) in [7, 11) is 1.66. The average molecular weight is 264 g/mol. The molecule has 1 aromatic rings. The van der Waals surface area contributed by atoms with Crippen LogP contribution in [-0.4, -0.2) is 30.5 Å². The highest BCUT2D eigenvalue weighted by atomic mass is 16.5. The lowest BCUT2D eigenvalue weighted by Gasteiger charge is -2.34. The molecule has 0 aromatic heterocycles. The van der Waals surface area contributed by atoms with E-state index in [1.54, 1.807) is 7.11 Å². The van der Waals surface area contributed by atoms with Crippen molar-refractivity contribution in [2.24, 2.45) is 0 Å². The minimum Gasteiger partial charge on any atom is -0.497 e. The van der Waals surface area contributed by atoms with E-state index in [0.29, 0.717) is 13.0 Å². The monoisotopic (exact) mass is 264 g/mol. The predicted octanol–water partition coefficient (Wildman–Crippen LogP) is 2.95. The van der Waals surface area contributed by atoms with Gasteiger partial charge in [0.05, 0.1) is 18.8 Å². The minimum atomic E-state index is -0.443. The van der Waals surface area contributed by atoms with E-state index in [4.69, 9.17) is 9.47 Å². The Labute approximate surface area is 115 Å². The molecule has 1 aliphatic carbocycles. The fraction of sp³-hybridized carbons (Fsp3) is 0.625. The highest BCUT2D eigenvalue weighted by Gasteiger charge is 2.41. The third kappa shape index (κ3) is 3.28. The Morgan fingerprint density at radius 1 is 1.32 bits per heavy atom. The van der Waals surface area contributed by atoms with Crippen LogP contribution >= 0.6 is 0 Å². The maximum absolute atomic E-state index is 10.6. The van der Waals surface area contributed by atoms with Crippen LogP contribution in [0.2, 0.25) is 0 Å². The number of rotatable bonds is 6. The number of benzene rings is 1. The lowest BCUT2D eigenvalue weighted by atomic mass is 9.89. The van der Waals surface area contributed by atoms with E-state index in [-0.39, 0.29) is 5.60 Å². The molecule has 0 aliphatic heterocycles. The van der Waals surface area contributed by atoms with Crippen molar-refractivity contribution in [2.45, 2.75) is 50.7 Å². The van der Waals surface area contributed by atoms with Gasteiger partial charge in [0.1, 0.15) is 5.75 Å². The molecule has 0 saturated heterocycles. The molecule has 1 N–H and O–H groups in total. The molecule has 1 atom stereocenters. The van der Waals surface area contributed by atoms with E-state index < -0.39 is 6.10 Å². The van der Waals surface area contributed by atoms with Crippen LogP contribution in [0.25, 0.3) is 0 Å². The van der Waals surface area contributed by atoms with Gasteiger partial charge in [0, 0.05) is 13.0 Å². The molecule has 3 heteroatoms. The van der Waals surface area contributed by atoms with E-state index in [1.807, 2.05) is 31.2 Å². The molecular formula is C16H24O3. The molecule has 1 unspecified atom stereocenters. The summed E-state index contributed by atoms with van der Waals surface area (Å²) < 4.78 is 11.1. The molecule has 0 spiro atoms. The van der Waals surface area contributed by atoms with Crippen LogP contribution in [0, 0.1) is 0 Å². The smallest absolute Gasteiger partial charge is 0.119 e. The van der Waals surface area contributed by atoms with Gasteiger partial charge >= 0.3 is 0 Å². The first kappa shape index (κ1) is 14.4. The predicted molar refractivity (Wildman–Crippen MR) is 75.5 cm³/mol. The van der Waals surface area contributed by atoms with Gasteiger partial charge in [-0.1, -0.05) is 25.0 Å². The molecule has 3 nitrogen and oxygen atoms in total. The summed E-state index contributed by atoms with van der Waals surface area (Å²) in [4.78, 5) is 0. The Morgan fingerprint density at radius 3 is 2.68 bits per heavy atom. The van der Waals surface area contributed by atoms with Crippen molar-refractivity contribution in [3.63, 3.8) is 0 Å². The Hall–Kier alpha value is -1.06. The van der Waals surface area contributed by atoms with Gasteiger partial charge in [0.15, 0.2) is 0 Å². The van der Waals surface area contributed by atoms with E-state index >= 15 is 0 Å². The van der Waals surface area contributed by atoms with Crippen molar-refractivity contribution in [1.82, 2.24) is 0 Å². The quantitative estimate of drug-likeness (QED) is 0.858. The maximum atomic E-state index is 10.6. The van der Waals surface area contributed by atoms with Gasteiger partial charge in [0.2, 0.25) is 0 Å². The molecular weight excluding hydrogens is 240 g/mol. The zero-order valence-electron chi connectivity index (χ0n) is 11.9. The number of aliphatic hydroxyl groups is 1. The average Bonchev–Trinajstić information content (AvgIpc) is 2.89. The Kier molecular flexibility index (Phi) is 4.83. The molecule has 2 rings (SSSR count). The second-order valence-electron chi connectivity index (χ2n) is 5.28. The Balaban J connectivity index is 2.07. The van der Waals surface area contributed by atoms with Crippen molar-refractivity contribution in [3.05, 3.63) is 29.8 Å². The summed E-state index contributed by atoms with van der Waals surface area (Å²) in [5, 5.41) is 10.6. The Morgan fingerprint density at radius 2 is 2.05 bits per heavy atom. The number of hydrogen-bond acceptors (Lipinski definition) is 3. The molecule has 0 bridgehead atoms. The van der Waals surface area contributed by atoms with Crippen LogP contribution in [0.4, 0.5) is 0 Å². The van der Waals surface area contributed by atoms with E-state index in [9.17, 15) is 5.11 Å². The zero-order valence-corrected chi connectivity index (χ0v) is 11.9. The van der Waals surface area contributed by atoms with Crippen molar-refractivity contribution >= 4 is 0 Å². The summed E-state index contributed by atoms with van der Waals surface area (Å²) in [5.74, 6) is 0.835. The van der Waals surface area contributed by atoms with Gasteiger partial charge in [-0.2, -0.15) is 0 Å². The first-order valence-corrected chi connectivity index (χ1v) is 7.15. The van der Waals surface area contributed by atoms with Crippen molar-refractivity contribution in [3.8, 4) is 5.75 Å². The van der Waals surface area contributed by atoms with Gasteiger partial charge in [-0.05, 0) is 37.5 Å². The number of ether oxygens (including phenoxy) is 2. The molecule has 1 fully saturated rings. The fourth-order valence-corrected chi connectivity index (χ4v) is 3.04. The van der Waals surface area contributed by atoms with Gasteiger partial charge in [0.25, 0.3) is 0 Å². The van der Waals surface area contributed by atoms with Crippen LogP contribution in [0.5, 0.6) is 5.75 Å². The first-order chi connectivity index (χ1) is 9.20. The summed E-state index contributed by atoms with van der Waals surface area (Å²) in [5.41, 5.74) is 0.760. The van der Waals surface area contributed by atoms with Crippen molar-refractivity contribution < 1.29 is 14.6 Å². The van der Waals surface area contributed by atoms with E-state index in [1.165, 1.54) is 0 Å². The zero-order chi connectivity index (χ0) is 13.7. The minimum absolute atomic E-state index is 0.335. The van der Waals surface area contributed by atoms with E-state index in [0.717, 1.165) is 37.0 Å². The standard InChI is InChI=1S/C16H24O3/c1-3-19-16(9-4-5-10-16)15(17)12-13-7-6-8-14(11-13)18-2/h6-8,11,15,17H,3-5,9-10,12H2,1-2H3. The Bertz CT molecular complexity index is 397. The molecule has 1 aromatic carbocycles. The number of hydrogen-bond donors (Lipinski definition) is 1. The normalized spacial score (nSPS) is 19.3. The second kappa shape index (κ2) is 6.40. The van der Waals surface area contributed by atoms with Gasteiger partial charge in [-0.25, -0.2) is 0 Å². The third-order valence-electron chi connectivity index (χ3n) is 4.05. The first-order valence-electron chi connectivity index (χ1n) is 7.15.